The number of likely N-dealkylation sites (tertiary alicyclic amines) is 1. The van der Waals surface area contributed by atoms with Crippen LogP contribution in [0.2, 0.25) is 0 Å². The summed E-state index contributed by atoms with van der Waals surface area (Å²) in [4.78, 5) is 21.4. The fraction of sp³-hybridized carbons (Fsp3) is 0.714. The zero-order valence-electron chi connectivity index (χ0n) is 13.1. The van der Waals surface area contributed by atoms with Crippen molar-refractivity contribution >= 4 is 28.2 Å². The fourth-order valence-electron chi connectivity index (χ4n) is 2.69. The number of carbonyl (C=O) groups excluding carboxylic acids is 1. The molecular weight excluding hydrogens is 286 g/mol. The number of nitrogens with one attached hydrogen (secondary N) is 1. The summed E-state index contributed by atoms with van der Waals surface area (Å²) in [6.07, 6.45) is 2.12. The summed E-state index contributed by atoms with van der Waals surface area (Å²) in [5, 5.41) is 3.83. The van der Waals surface area contributed by atoms with Crippen molar-refractivity contribution in [2.45, 2.75) is 19.8 Å². The van der Waals surface area contributed by atoms with E-state index < -0.39 is 0 Å². The lowest BCUT2D eigenvalue weighted by atomic mass is 9.96. The average Bonchev–Trinajstić information content (AvgIpc) is 2.79. The monoisotopic (exact) mass is 311 g/mol. The summed E-state index contributed by atoms with van der Waals surface area (Å²) in [5.74, 6) is 1.05. The zero-order valence-corrected chi connectivity index (χ0v) is 13.9. The molecule has 1 saturated heterocycles. The van der Waals surface area contributed by atoms with Gasteiger partial charge in [0, 0.05) is 26.2 Å². The van der Waals surface area contributed by atoms with E-state index in [1.165, 1.54) is 11.3 Å². The van der Waals surface area contributed by atoms with Crippen LogP contribution in [0.15, 0.2) is 0 Å². The Labute approximate surface area is 130 Å². The van der Waals surface area contributed by atoms with Crippen molar-refractivity contribution in [3.63, 3.8) is 0 Å². The third kappa shape index (κ3) is 4.07. The van der Waals surface area contributed by atoms with Gasteiger partial charge in [-0.3, -0.25) is 4.79 Å². The Morgan fingerprint density at radius 1 is 1.48 bits per heavy atom. The maximum atomic E-state index is 12.5. The second-order valence-electron chi connectivity index (χ2n) is 5.76. The van der Waals surface area contributed by atoms with Crippen molar-refractivity contribution in [3.8, 4) is 0 Å². The van der Waals surface area contributed by atoms with Crippen LogP contribution in [-0.2, 0) is 0 Å². The van der Waals surface area contributed by atoms with Gasteiger partial charge in [0.25, 0.3) is 5.91 Å². The summed E-state index contributed by atoms with van der Waals surface area (Å²) < 4.78 is 0. The molecule has 118 valence electrons. The number of amides is 1. The fourth-order valence-corrected chi connectivity index (χ4v) is 3.61. The number of nitrogens with zero attached hydrogens (tertiary/aromatic N) is 3. The highest BCUT2D eigenvalue weighted by molar-refractivity contribution is 7.18. The Morgan fingerprint density at radius 2 is 2.14 bits per heavy atom. The van der Waals surface area contributed by atoms with Gasteiger partial charge in [-0.15, -0.1) is 0 Å². The Balaban J connectivity index is 1.95. The lowest BCUT2D eigenvalue weighted by Gasteiger charge is -2.33. The minimum absolute atomic E-state index is 0.0254. The van der Waals surface area contributed by atoms with Crippen molar-refractivity contribution in [1.82, 2.24) is 14.8 Å². The molecule has 1 aromatic heterocycles. The normalized spacial score (nSPS) is 16.5. The zero-order chi connectivity index (χ0) is 15.4. The quantitative estimate of drug-likeness (QED) is 0.863. The van der Waals surface area contributed by atoms with Crippen molar-refractivity contribution in [1.29, 1.82) is 0 Å². The Bertz CT molecular complexity index is 480. The molecule has 3 N–H and O–H groups in total. The van der Waals surface area contributed by atoms with Crippen LogP contribution >= 0.6 is 11.3 Å². The molecule has 1 aromatic rings. The Morgan fingerprint density at radius 3 is 2.71 bits per heavy atom. The Kier molecular flexibility index (Phi) is 5.41. The van der Waals surface area contributed by atoms with Gasteiger partial charge >= 0.3 is 0 Å². The van der Waals surface area contributed by atoms with E-state index in [0.717, 1.165) is 44.2 Å². The molecule has 1 aliphatic heterocycles. The van der Waals surface area contributed by atoms with Crippen LogP contribution in [0.1, 0.15) is 29.4 Å². The van der Waals surface area contributed by atoms with Crippen molar-refractivity contribution in [2.24, 2.45) is 5.92 Å². The summed E-state index contributed by atoms with van der Waals surface area (Å²) in [7, 11) is 4.19. The molecule has 6 nitrogen and oxygen atoms in total. The molecule has 0 aromatic carbocycles. The number of aromatic nitrogens is 1. The second kappa shape index (κ2) is 7.09. The molecule has 1 aliphatic rings. The molecule has 1 amide bonds. The summed E-state index contributed by atoms with van der Waals surface area (Å²) in [6.45, 7) is 5.48. The minimum atomic E-state index is 0.0254. The lowest BCUT2D eigenvalue weighted by molar-refractivity contribution is 0.0683. The molecule has 21 heavy (non-hydrogen) atoms. The van der Waals surface area contributed by atoms with Gasteiger partial charge in [-0.25, -0.2) is 4.98 Å². The van der Waals surface area contributed by atoms with Crippen LogP contribution in [0.25, 0.3) is 0 Å². The highest BCUT2D eigenvalue weighted by Gasteiger charge is 2.26. The number of anilines is 2. The predicted octanol–water partition coefficient (Wildman–Crippen LogP) is 1.57. The van der Waals surface area contributed by atoms with Crippen molar-refractivity contribution in [2.75, 3.05) is 51.3 Å². The van der Waals surface area contributed by atoms with Gasteiger partial charge in [-0.1, -0.05) is 11.3 Å². The van der Waals surface area contributed by atoms with Gasteiger partial charge in [-0.05, 0) is 39.8 Å². The van der Waals surface area contributed by atoms with Crippen molar-refractivity contribution in [3.05, 3.63) is 4.88 Å². The smallest absolute Gasteiger partial charge is 0.267 e. The Hall–Kier alpha value is -1.34. The third-order valence-electron chi connectivity index (χ3n) is 3.70. The van der Waals surface area contributed by atoms with E-state index in [1.54, 1.807) is 0 Å². The SMILES string of the molecule is CCNc1nc(N)c(C(=O)N2CCC(CN(C)C)CC2)s1. The number of nitrogen functional groups attached to an aromatic ring is 1. The number of piperidine rings is 1. The topological polar surface area (TPSA) is 74.5 Å². The van der Waals surface area contributed by atoms with Gasteiger partial charge in [0.15, 0.2) is 5.13 Å². The number of nitrogens with two attached hydrogens (primary N) is 1. The van der Waals surface area contributed by atoms with Gasteiger partial charge in [0.1, 0.15) is 10.7 Å². The first-order valence-corrected chi connectivity index (χ1v) is 8.27. The van der Waals surface area contributed by atoms with E-state index in [0.29, 0.717) is 16.6 Å². The number of rotatable bonds is 5. The molecule has 0 atom stereocenters. The van der Waals surface area contributed by atoms with E-state index in [4.69, 9.17) is 5.73 Å². The van der Waals surface area contributed by atoms with E-state index in [-0.39, 0.29) is 5.91 Å². The van der Waals surface area contributed by atoms with Crippen LogP contribution in [-0.4, -0.2) is 61.0 Å². The van der Waals surface area contributed by atoms with Crippen LogP contribution in [0.5, 0.6) is 0 Å². The standard InChI is InChI=1S/C14H25N5OS/c1-4-16-14-17-12(15)11(21-14)13(20)19-7-5-10(6-8-19)9-18(2)3/h10H,4-9,15H2,1-3H3,(H,16,17). The molecule has 2 heterocycles. The first-order valence-electron chi connectivity index (χ1n) is 7.45. The number of carbonyl (C=O) groups is 1. The predicted molar refractivity (Wildman–Crippen MR) is 87.9 cm³/mol. The first kappa shape index (κ1) is 16.0. The van der Waals surface area contributed by atoms with Crippen LogP contribution < -0.4 is 11.1 Å². The molecule has 0 aliphatic carbocycles. The maximum absolute atomic E-state index is 12.5. The molecular formula is C14H25N5OS. The summed E-state index contributed by atoms with van der Waals surface area (Å²) in [6, 6.07) is 0. The molecule has 0 unspecified atom stereocenters. The van der Waals surface area contributed by atoms with Gasteiger partial charge < -0.3 is 20.9 Å². The molecule has 7 heteroatoms. The number of thiazole rings is 1. The first-order chi connectivity index (χ1) is 10.0. The third-order valence-corrected chi connectivity index (χ3v) is 4.72. The second-order valence-corrected chi connectivity index (χ2v) is 6.76. The molecule has 2 rings (SSSR count). The van der Waals surface area contributed by atoms with Gasteiger partial charge in [0.05, 0.1) is 0 Å². The van der Waals surface area contributed by atoms with E-state index in [1.807, 2.05) is 11.8 Å². The summed E-state index contributed by atoms with van der Waals surface area (Å²) >= 11 is 1.35. The minimum Gasteiger partial charge on any atom is -0.382 e. The number of hydrogen-bond donors (Lipinski definition) is 2. The van der Waals surface area contributed by atoms with Crippen LogP contribution in [0.4, 0.5) is 10.9 Å². The average molecular weight is 311 g/mol. The van der Waals surface area contributed by atoms with E-state index in [9.17, 15) is 4.79 Å². The highest BCUT2D eigenvalue weighted by Crippen LogP contribution is 2.28. The van der Waals surface area contributed by atoms with Crippen LogP contribution in [0, 0.1) is 5.92 Å². The largest absolute Gasteiger partial charge is 0.382 e. The molecule has 1 fully saturated rings. The number of hydrogen-bond acceptors (Lipinski definition) is 6. The maximum Gasteiger partial charge on any atom is 0.267 e. The molecule has 0 spiro atoms. The van der Waals surface area contributed by atoms with Crippen molar-refractivity contribution < 1.29 is 4.79 Å². The summed E-state index contributed by atoms with van der Waals surface area (Å²) in [5.41, 5.74) is 5.88. The molecule has 0 bridgehead atoms. The van der Waals surface area contributed by atoms with Gasteiger partial charge in [0.2, 0.25) is 0 Å². The van der Waals surface area contributed by atoms with Gasteiger partial charge in [-0.2, -0.15) is 0 Å². The van der Waals surface area contributed by atoms with Crippen LogP contribution in [0.3, 0.4) is 0 Å². The molecule has 0 saturated carbocycles. The van der Waals surface area contributed by atoms with E-state index >= 15 is 0 Å². The highest BCUT2D eigenvalue weighted by atomic mass is 32.1. The lowest BCUT2D eigenvalue weighted by Crippen LogP contribution is -2.40. The molecule has 0 radical (unpaired) electrons. The van der Waals surface area contributed by atoms with E-state index in [2.05, 4.69) is 29.3 Å².